The minimum Gasteiger partial charge on any atom is -0.379 e. The van der Waals surface area contributed by atoms with Crippen LogP contribution in [0, 0.1) is 5.41 Å². The van der Waals surface area contributed by atoms with Gasteiger partial charge in [0.05, 0.1) is 18.8 Å². The number of aromatic amines is 1. The van der Waals surface area contributed by atoms with Crippen LogP contribution >= 0.6 is 0 Å². The van der Waals surface area contributed by atoms with Crippen molar-refractivity contribution in [2.45, 2.75) is 19.4 Å². The van der Waals surface area contributed by atoms with Crippen LogP contribution in [0.2, 0.25) is 0 Å². The Balaban J connectivity index is 1.40. The summed E-state index contributed by atoms with van der Waals surface area (Å²) < 4.78 is 8.17. The molecule has 6 heteroatoms. The average molecular weight is 356 g/mol. The third-order valence-electron chi connectivity index (χ3n) is 5.91. The predicted molar refractivity (Wildman–Crippen MR) is 99.9 cm³/mol. The van der Waals surface area contributed by atoms with Crippen molar-refractivity contribution in [3.63, 3.8) is 0 Å². The second-order valence-corrected chi connectivity index (χ2v) is 7.77. The number of H-pyrrole nitrogens is 1. The summed E-state index contributed by atoms with van der Waals surface area (Å²) in [5.74, 6) is 0.135. The zero-order valence-corrected chi connectivity index (χ0v) is 15.5. The van der Waals surface area contributed by atoms with Gasteiger partial charge in [0, 0.05) is 69.5 Å². The van der Waals surface area contributed by atoms with Gasteiger partial charge in [0.1, 0.15) is 0 Å². The summed E-state index contributed by atoms with van der Waals surface area (Å²) in [6.07, 6.45) is 7.70. The molecule has 0 aliphatic carbocycles. The predicted octanol–water partition coefficient (Wildman–Crippen LogP) is 2.11. The van der Waals surface area contributed by atoms with E-state index in [1.807, 2.05) is 11.0 Å². The number of hydrogen-bond acceptors (Lipinski definition) is 3. The maximum Gasteiger partial charge on any atom is 0.255 e. The molecule has 2 aliphatic rings. The number of hydrogen-bond donors (Lipinski definition) is 1. The summed E-state index contributed by atoms with van der Waals surface area (Å²) in [7, 11) is 2.10. The number of piperidine rings is 1. The van der Waals surface area contributed by atoms with Gasteiger partial charge in [0.15, 0.2) is 0 Å². The van der Waals surface area contributed by atoms with E-state index in [1.54, 1.807) is 12.4 Å². The molecule has 0 atom stereocenters. The summed E-state index contributed by atoms with van der Waals surface area (Å²) in [6.45, 7) is 6.20. The average Bonchev–Trinajstić information content (AvgIpc) is 3.27. The van der Waals surface area contributed by atoms with Crippen LogP contribution in [-0.2, 0) is 18.3 Å². The van der Waals surface area contributed by atoms with Crippen LogP contribution in [0.4, 0.5) is 0 Å². The lowest BCUT2D eigenvalue weighted by Gasteiger charge is -2.42. The van der Waals surface area contributed by atoms with Gasteiger partial charge in [-0.2, -0.15) is 0 Å². The quantitative estimate of drug-likeness (QED) is 0.916. The van der Waals surface area contributed by atoms with Crippen LogP contribution in [0.15, 0.2) is 36.8 Å². The van der Waals surface area contributed by atoms with Crippen LogP contribution in [0.3, 0.4) is 0 Å². The van der Waals surface area contributed by atoms with Crippen molar-refractivity contribution in [1.29, 1.82) is 0 Å². The number of carbonyl (C=O) groups is 1. The molecule has 140 valence electrons. The molecule has 4 rings (SSSR count). The third kappa shape index (κ3) is 3.57. The van der Waals surface area contributed by atoms with Crippen molar-refractivity contribution < 1.29 is 9.53 Å². The van der Waals surface area contributed by atoms with Crippen molar-refractivity contribution >= 4 is 5.91 Å². The van der Waals surface area contributed by atoms with E-state index in [9.17, 15) is 4.79 Å². The summed E-state index contributed by atoms with van der Waals surface area (Å²) in [5, 5.41) is 0. The first-order valence-electron chi connectivity index (χ1n) is 9.48. The van der Waals surface area contributed by atoms with Gasteiger partial charge in [-0.3, -0.25) is 9.69 Å². The molecule has 1 amide bonds. The van der Waals surface area contributed by atoms with Crippen molar-refractivity contribution in [2.24, 2.45) is 12.5 Å². The zero-order valence-electron chi connectivity index (χ0n) is 15.5. The van der Waals surface area contributed by atoms with Gasteiger partial charge in [-0.25, -0.2) is 0 Å². The molecule has 0 aromatic carbocycles. The van der Waals surface area contributed by atoms with E-state index >= 15 is 0 Å². The maximum atomic E-state index is 12.6. The molecule has 2 aromatic rings. The Kier molecular flexibility index (Phi) is 4.87. The highest BCUT2D eigenvalue weighted by atomic mass is 16.5. The summed E-state index contributed by atoms with van der Waals surface area (Å²) >= 11 is 0. The van der Waals surface area contributed by atoms with Gasteiger partial charge in [-0.1, -0.05) is 0 Å². The molecule has 2 saturated heterocycles. The Morgan fingerprint density at radius 3 is 2.81 bits per heavy atom. The van der Waals surface area contributed by atoms with E-state index in [1.165, 1.54) is 5.69 Å². The number of amides is 1. The first-order chi connectivity index (χ1) is 12.7. The highest BCUT2D eigenvalue weighted by molar-refractivity contribution is 5.94. The zero-order chi connectivity index (χ0) is 18.0. The molecule has 26 heavy (non-hydrogen) atoms. The van der Waals surface area contributed by atoms with E-state index in [4.69, 9.17) is 4.74 Å². The molecule has 2 fully saturated rings. The van der Waals surface area contributed by atoms with E-state index < -0.39 is 0 Å². The summed E-state index contributed by atoms with van der Waals surface area (Å²) in [6, 6.07) is 6.14. The molecule has 2 aromatic heterocycles. The van der Waals surface area contributed by atoms with Crippen molar-refractivity contribution in [2.75, 3.05) is 39.4 Å². The number of ether oxygens (including phenoxy) is 1. The van der Waals surface area contributed by atoms with Gasteiger partial charge in [-0.15, -0.1) is 0 Å². The van der Waals surface area contributed by atoms with Crippen LogP contribution in [-0.4, -0.2) is 64.7 Å². The summed E-state index contributed by atoms with van der Waals surface area (Å²) in [4.78, 5) is 20.1. The number of aryl methyl sites for hydroxylation is 1. The second-order valence-electron chi connectivity index (χ2n) is 7.77. The number of rotatable bonds is 3. The van der Waals surface area contributed by atoms with Crippen LogP contribution in [0.5, 0.6) is 0 Å². The fraction of sp³-hybridized carbons (Fsp3) is 0.550. The highest BCUT2D eigenvalue weighted by Crippen LogP contribution is 2.35. The topological polar surface area (TPSA) is 53.5 Å². The van der Waals surface area contributed by atoms with Crippen molar-refractivity contribution in [3.8, 4) is 0 Å². The minimum absolute atomic E-state index is 0.135. The van der Waals surface area contributed by atoms with Gasteiger partial charge in [0.25, 0.3) is 5.91 Å². The van der Waals surface area contributed by atoms with E-state index in [0.29, 0.717) is 0 Å². The monoisotopic (exact) mass is 356 g/mol. The Labute approximate surface area is 154 Å². The molecule has 1 spiro atoms. The van der Waals surface area contributed by atoms with E-state index in [0.717, 1.165) is 64.3 Å². The number of likely N-dealkylation sites (tertiary alicyclic amines) is 1. The van der Waals surface area contributed by atoms with Crippen LogP contribution in [0.25, 0.3) is 0 Å². The van der Waals surface area contributed by atoms with Crippen LogP contribution < -0.4 is 0 Å². The largest absolute Gasteiger partial charge is 0.379 e. The maximum absolute atomic E-state index is 12.6. The van der Waals surface area contributed by atoms with E-state index in [2.05, 4.69) is 39.8 Å². The Morgan fingerprint density at radius 2 is 2.12 bits per heavy atom. The molecule has 1 N–H and O–H groups in total. The molecule has 2 aliphatic heterocycles. The molecular formula is C20H28N4O2. The fourth-order valence-corrected chi connectivity index (χ4v) is 4.23. The third-order valence-corrected chi connectivity index (χ3v) is 5.91. The lowest BCUT2D eigenvalue weighted by molar-refractivity contribution is 0.0144. The molecule has 0 bridgehead atoms. The first-order valence-corrected chi connectivity index (χ1v) is 9.48. The normalized spacial score (nSPS) is 21.0. The molecule has 4 heterocycles. The fourth-order valence-electron chi connectivity index (χ4n) is 4.23. The Morgan fingerprint density at radius 1 is 1.27 bits per heavy atom. The first kappa shape index (κ1) is 17.4. The minimum atomic E-state index is 0.135. The van der Waals surface area contributed by atoms with E-state index in [-0.39, 0.29) is 11.3 Å². The Hall–Kier alpha value is -2.05. The molecule has 6 nitrogen and oxygen atoms in total. The van der Waals surface area contributed by atoms with Crippen molar-refractivity contribution in [3.05, 3.63) is 48.0 Å². The number of nitrogens with zero attached hydrogens (tertiary/aromatic N) is 3. The second kappa shape index (κ2) is 7.29. The van der Waals surface area contributed by atoms with Gasteiger partial charge in [0.2, 0.25) is 0 Å². The smallest absolute Gasteiger partial charge is 0.255 e. The number of carbonyl (C=O) groups excluding carboxylic acids is 1. The molecule has 0 unspecified atom stereocenters. The molecule has 0 radical (unpaired) electrons. The standard InChI is InChI=1S/C20H28N4O2/c1-22-8-2-3-18(22)14-23-11-12-26-16-20(15-23)5-9-24(10-6-20)19(25)17-4-7-21-13-17/h2-4,7-8,13,21H,5-6,9-12,14-16H2,1H3. The SMILES string of the molecule is Cn1cccc1CN1CCOCC2(CCN(C(=O)c3cc[nH]c3)CC2)C1. The molecule has 0 saturated carbocycles. The van der Waals surface area contributed by atoms with Gasteiger partial charge >= 0.3 is 0 Å². The summed E-state index contributed by atoms with van der Waals surface area (Å²) in [5.41, 5.74) is 2.25. The van der Waals surface area contributed by atoms with Gasteiger partial charge in [-0.05, 0) is 31.0 Å². The molecular weight excluding hydrogens is 328 g/mol. The highest BCUT2D eigenvalue weighted by Gasteiger charge is 2.39. The number of aromatic nitrogens is 2. The lowest BCUT2D eigenvalue weighted by Crippen LogP contribution is -2.48. The Bertz CT molecular complexity index is 729. The van der Waals surface area contributed by atoms with Gasteiger partial charge < -0.3 is 19.2 Å². The van der Waals surface area contributed by atoms with Crippen LogP contribution in [0.1, 0.15) is 28.9 Å². The lowest BCUT2D eigenvalue weighted by atomic mass is 9.78. The number of nitrogens with one attached hydrogen (secondary N) is 1. The van der Waals surface area contributed by atoms with Crippen molar-refractivity contribution in [1.82, 2.24) is 19.4 Å².